The first-order valence-electron chi connectivity index (χ1n) is 5.56. The van der Waals surface area contributed by atoms with Gasteiger partial charge in [-0.25, -0.2) is 4.98 Å². The summed E-state index contributed by atoms with van der Waals surface area (Å²) in [6.07, 6.45) is 3.45. The molecule has 0 radical (unpaired) electrons. The van der Waals surface area contributed by atoms with Crippen molar-refractivity contribution in [2.24, 2.45) is 0 Å². The first-order valence-corrected chi connectivity index (χ1v) is 6.44. The molecular weight excluding hydrogens is 232 g/mol. The van der Waals surface area contributed by atoms with Crippen molar-refractivity contribution in [2.75, 3.05) is 0 Å². The minimum Gasteiger partial charge on any atom is -0.299 e. The summed E-state index contributed by atoms with van der Waals surface area (Å²) in [6, 6.07) is 5.77. The normalized spacial score (nSPS) is 10.4. The van der Waals surface area contributed by atoms with Crippen molar-refractivity contribution < 1.29 is 4.79 Å². The Morgan fingerprint density at radius 1 is 1.41 bits per heavy atom. The highest BCUT2D eigenvalue weighted by atomic mass is 32.1. The van der Waals surface area contributed by atoms with E-state index < -0.39 is 0 Å². The number of carbonyl (C=O) groups excluding carboxylic acids is 1. The van der Waals surface area contributed by atoms with E-state index in [1.165, 1.54) is 0 Å². The van der Waals surface area contributed by atoms with Crippen molar-refractivity contribution in [1.29, 1.82) is 0 Å². The summed E-state index contributed by atoms with van der Waals surface area (Å²) in [5.74, 6) is 0.227. The molecule has 0 spiro atoms. The van der Waals surface area contributed by atoms with Crippen molar-refractivity contribution >= 4 is 17.1 Å². The molecule has 3 nitrogen and oxygen atoms in total. The van der Waals surface area contributed by atoms with Gasteiger partial charge in [0.25, 0.3) is 0 Å². The Kier molecular flexibility index (Phi) is 3.98. The van der Waals surface area contributed by atoms with Gasteiger partial charge in [-0.2, -0.15) is 0 Å². The molecule has 0 aliphatic rings. The topological polar surface area (TPSA) is 42.9 Å². The monoisotopic (exact) mass is 246 g/mol. The highest BCUT2D eigenvalue weighted by molar-refractivity contribution is 7.09. The first kappa shape index (κ1) is 11.9. The summed E-state index contributed by atoms with van der Waals surface area (Å²) >= 11 is 1.55. The van der Waals surface area contributed by atoms with E-state index in [0.717, 1.165) is 16.4 Å². The van der Waals surface area contributed by atoms with Crippen LogP contribution in [-0.4, -0.2) is 15.8 Å². The molecule has 0 unspecified atom stereocenters. The molecule has 0 aliphatic heterocycles. The van der Waals surface area contributed by atoms with E-state index in [4.69, 9.17) is 0 Å². The van der Waals surface area contributed by atoms with Crippen molar-refractivity contribution in [3.8, 4) is 0 Å². The molecule has 88 valence electrons. The number of nitrogens with zero attached hydrogens (tertiary/aromatic N) is 2. The summed E-state index contributed by atoms with van der Waals surface area (Å²) in [5.41, 5.74) is 1.96. The lowest BCUT2D eigenvalue weighted by Crippen LogP contribution is -2.04. The third-order valence-corrected chi connectivity index (χ3v) is 3.37. The smallest absolute Gasteiger partial charge is 0.140 e. The number of Topliss-reactive ketones (excluding diaryl/α,β-unsaturated/α-hetero) is 1. The van der Waals surface area contributed by atoms with Crippen LogP contribution in [0.1, 0.15) is 22.8 Å². The van der Waals surface area contributed by atoms with Crippen LogP contribution >= 0.6 is 11.3 Å². The summed E-state index contributed by atoms with van der Waals surface area (Å²) in [4.78, 5) is 20.2. The third-order valence-electron chi connectivity index (χ3n) is 2.40. The van der Waals surface area contributed by atoms with E-state index in [1.807, 2.05) is 30.5 Å². The van der Waals surface area contributed by atoms with Gasteiger partial charge in [-0.05, 0) is 25.5 Å². The van der Waals surface area contributed by atoms with Gasteiger partial charge in [0.15, 0.2) is 0 Å². The van der Waals surface area contributed by atoms with Crippen molar-refractivity contribution in [3.63, 3.8) is 0 Å². The van der Waals surface area contributed by atoms with Crippen LogP contribution in [0.2, 0.25) is 0 Å². The maximum atomic E-state index is 11.7. The molecule has 0 saturated carbocycles. The van der Waals surface area contributed by atoms with Gasteiger partial charge in [0.05, 0.1) is 6.42 Å². The molecule has 2 heterocycles. The largest absolute Gasteiger partial charge is 0.299 e. The average molecular weight is 246 g/mol. The lowest BCUT2D eigenvalue weighted by Gasteiger charge is -1.99. The molecule has 0 aromatic carbocycles. The molecular formula is C13H14N2OS. The fourth-order valence-electron chi connectivity index (χ4n) is 1.55. The minimum absolute atomic E-state index is 0.227. The van der Waals surface area contributed by atoms with Crippen molar-refractivity contribution in [1.82, 2.24) is 9.97 Å². The van der Waals surface area contributed by atoms with Crippen LogP contribution in [0.3, 0.4) is 0 Å². The number of hydrogen-bond acceptors (Lipinski definition) is 4. The van der Waals surface area contributed by atoms with Gasteiger partial charge < -0.3 is 0 Å². The molecule has 4 heteroatoms. The predicted molar refractivity (Wildman–Crippen MR) is 68.1 cm³/mol. The zero-order valence-corrected chi connectivity index (χ0v) is 10.5. The van der Waals surface area contributed by atoms with Crippen LogP contribution in [0.25, 0.3) is 0 Å². The summed E-state index contributed by atoms with van der Waals surface area (Å²) < 4.78 is 0. The zero-order chi connectivity index (χ0) is 12.1. The molecule has 0 bridgehead atoms. The Morgan fingerprint density at radius 3 is 2.94 bits per heavy atom. The van der Waals surface area contributed by atoms with Crippen LogP contribution in [-0.2, 0) is 17.6 Å². The van der Waals surface area contributed by atoms with Crippen molar-refractivity contribution in [3.05, 3.63) is 46.2 Å². The lowest BCUT2D eigenvalue weighted by molar-refractivity contribution is -0.118. The number of ketones is 1. The average Bonchev–Trinajstić information content (AvgIpc) is 2.73. The van der Waals surface area contributed by atoms with Crippen LogP contribution in [0.5, 0.6) is 0 Å². The van der Waals surface area contributed by atoms with Gasteiger partial charge in [0, 0.05) is 29.4 Å². The molecule has 17 heavy (non-hydrogen) atoms. The standard InChI is InChI=1S/C13H14N2OS/c1-10-9-17-13(15-10)8-12(16)6-5-11-4-2-3-7-14-11/h2-4,7,9H,5-6,8H2,1H3. The van der Waals surface area contributed by atoms with Gasteiger partial charge in [-0.3, -0.25) is 9.78 Å². The molecule has 0 atom stereocenters. The number of pyridine rings is 1. The molecule has 0 amide bonds. The second-order valence-electron chi connectivity index (χ2n) is 3.92. The van der Waals surface area contributed by atoms with Crippen molar-refractivity contribution in [2.45, 2.75) is 26.2 Å². The molecule has 2 rings (SSSR count). The first-order chi connectivity index (χ1) is 8.24. The van der Waals surface area contributed by atoms with E-state index >= 15 is 0 Å². The molecule has 0 N–H and O–H groups in total. The Bertz CT molecular complexity index is 493. The summed E-state index contributed by atoms with van der Waals surface area (Å²) in [7, 11) is 0. The fourth-order valence-corrected chi connectivity index (χ4v) is 2.35. The number of hydrogen-bond donors (Lipinski definition) is 0. The lowest BCUT2D eigenvalue weighted by atomic mass is 10.1. The molecule has 0 saturated heterocycles. The number of aryl methyl sites for hydroxylation is 2. The van der Waals surface area contributed by atoms with E-state index in [2.05, 4.69) is 9.97 Å². The molecule has 2 aromatic rings. The Balaban J connectivity index is 1.82. The van der Waals surface area contributed by atoms with E-state index in [-0.39, 0.29) is 5.78 Å². The maximum Gasteiger partial charge on any atom is 0.140 e. The van der Waals surface area contributed by atoms with E-state index in [0.29, 0.717) is 19.3 Å². The summed E-state index contributed by atoms with van der Waals surface area (Å²) in [5, 5.41) is 2.88. The quantitative estimate of drug-likeness (QED) is 0.814. The van der Waals surface area contributed by atoms with Gasteiger partial charge >= 0.3 is 0 Å². The number of aromatic nitrogens is 2. The SMILES string of the molecule is Cc1csc(CC(=O)CCc2ccccn2)n1. The summed E-state index contributed by atoms with van der Waals surface area (Å²) in [6.45, 7) is 1.94. The molecule has 0 fully saturated rings. The fraction of sp³-hybridized carbons (Fsp3) is 0.308. The minimum atomic E-state index is 0.227. The van der Waals surface area contributed by atoms with E-state index in [1.54, 1.807) is 17.5 Å². The van der Waals surface area contributed by atoms with Crippen LogP contribution in [0, 0.1) is 6.92 Å². The number of carbonyl (C=O) groups is 1. The predicted octanol–water partition coefficient (Wildman–Crippen LogP) is 2.59. The Labute approximate surface area is 105 Å². The Morgan fingerprint density at radius 2 is 2.29 bits per heavy atom. The van der Waals surface area contributed by atoms with Crippen LogP contribution in [0.15, 0.2) is 29.8 Å². The highest BCUT2D eigenvalue weighted by Gasteiger charge is 2.07. The third kappa shape index (κ3) is 3.75. The second-order valence-corrected chi connectivity index (χ2v) is 4.86. The molecule has 0 aliphatic carbocycles. The second kappa shape index (κ2) is 5.68. The zero-order valence-electron chi connectivity index (χ0n) is 9.72. The van der Waals surface area contributed by atoms with Crippen LogP contribution < -0.4 is 0 Å². The van der Waals surface area contributed by atoms with Gasteiger partial charge in [-0.1, -0.05) is 6.07 Å². The van der Waals surface area contributed by atoms with Gasteiger partial charge in [-0.15, -0.1) is 11.3 Å². The van der Waals surface area contributed by atoms with Gasteiger partial charge in [0.2, 0.25) is 0 Å². The molecule has 2 aromatic heterocycles. The highest BCUT2D eigenvalue weighted by Crippen LogP contribution is 2.11. The Hall–Kier alpha value is -1.55. The number of rotatable bonds is 5. The van der Waals surface area contributed by atoms with Crippen LogP contribution in [0.4, 0.5) is 0 Å². The maximum absolute atomic E-state index is 11.7. The van der Waals surface area contributed by atoms with E-state index in [9.17, 15) is 4.79 Å². The number of thiazole rings is 1. The van der Waals surface area contributed by atoms with Gasteiger partial charge in [0.1, 0.15) is 10.8 Å².